The van der Waals surface area contributed by atoms with Crippen LogP contribution in [0.5, 0.6) is 5.75 Å². The molecule has 27 heavy (non-hydrogen) atoms. The lowest BCUT2D eigenvalue weighted by Gasteiger charge is -2.21. The van der Waals surface area contributed by atoms with Gasteiger partial charge in [0, 0.05) is 24.2 Å². The van der Waals surface area contributed by atoms with Gasteiger partial charge in [-0.05, 0) is 37.0 Å². The average Bonchev–Trinajstić information content (AvgIpc) is 3.41. The molecule has 1 saturated carbocycles. The third-order valence-corrected chi connectivity index (χ3v) is 4.35. The molecule has 0 unspecified atom stereocenters. The number of nitrogens with one attached hydrogen (secondary N) is 1. The van der Waals surface area contributed by atoms with Gasteiger partial charge in [0.25, 0.3) is 11.8 Å². The normalized spacial score (nSPS) is 13.5. The summed E-state index contributed by atoms with van der Waals surface area (Å²) >= 11 is 0. The fourth-order valence-electron chi connectivity index (χ4n) is 2.72. The Morgan fingerprint density at radius 2 is 2.11 bits per heavy atom. The number of methoxy groups -OCH3 is 1. The van der Waals surface area contributed by atoms with Crippen molar-refractivity contribution < 1.29 is 18.8 Å². The van der Waals surface area contributed by atoms with Crippen LogP contribution in [0.3, 0.4) is 0 Å². The van der Waals surface area contributed by atoms with Crippen LogP contribution in [0.1, 0.15) is 53.3 Å². The smallest absolute Gasteiger partial charge is 0.273 e. The lowest BCUT2D eigenvalue weighted by atomic mass is 10.1. The van der Waals surface area contributed by atoms with Crippen molar-refractivity contribution in [3.8, 4) is 5.75 Å². The Morgan fingerprint density at radius 3 is 2.78 bits per heavy atom. The number of benzene rings is 1. The van der Waals surface area contributed by atoms with Crippen molar-refractivity contribution in [2.75, 3.05) is 13.7 Å². The second-order valence-corrected chi connectivity index (χ2v) is 7.18. The number of hydrogen-bond acceptors (Lipinski definition) is 5. The van der Waals surface area contributed by atoms with E-state index in [0.717, 1.165) is 12.8 Å². The van der Waals surface area contributed by atoms with Crippen molar-refractivity contribution >= 4 is 11.8 Å². The Morgan fingerprint density at radius 1 is 1.33 bits per heavy atom. The Hall–Kier alpha value is -2.83. The highest BCUT2D eigenvalue weighted by Crippen LogP contribution is 2.30. The summed E-state index contributed by atoms with van der Waals surface area (Å²) in [5, 5.41) is 6.65. The van der Waals surface area contributed by atoms with Gasteiger partial charge in [-0.2, -0.15) is 0 Å². The topological polar surface area (TPSA) is 84.7 Å². The Kier molecular flexibility index (Phi) is 5.78. The molecule has 1 aromatic carbocycles. The Balaban J connectivity index is 1.70. The van der Waals surface area contributed by atoms with Gasteiger partial charge in [0.15, 0.2) is 11.5 Å². The van der Waals surface area contributed by atoms with E-state index >= 15 is 0 Å². The molecule has 1 aliphatic carbocycles. The number of nitrogens with zero attached hydrogens (tertiary/aromatic N) is 2. The number of rotatable bonds is 8. The van der Waals surface area contributed by atoms with Crippen molar-refractivity contribution in [3.63, 3.8) is 0 Å². The summed E-state index contributed by atoms with van der Waals surface area (Å²) in [6.45, 7) is 4.90. The summed E-state index contributed by atoms with van der Waals surface area (Å²) in [5.41, 5.74) is 0.797. The summed E-state index contributed by atoms with van der Waals surface area (Å²) in [5.74, 6) is 1.13. The number of amides is 2. The molecule has 2 amide bonds. The fraction of sp³-hybridized carbons (Fsp3) is 0.450. The molecule has 7 nitrogen and oxygen atoms in total. The van der Waals surface area contributed by atoms with Gasteiger partial charge in [-0.15, -0.1) is 0 Å². The predicted octanol–water partition coefficient (Wildman–Crippen LogP) is 2.87. The standard InChI is InChI=1S/C20H25N3O4/c1-13(2)11-21-19(24)18-10-17(27-22-18)12-23(15-7-8-15)20(25)14-5-4-6-16(9-14)26-3/h4-6,9-10,13,15H,7-8,11-12H2,1-3H3,(H,21,24). The van der Waals surface area contributed by atoms with E-state index in [1.165, 1.54) is 0 Å². The first-order valence-electron chi connectivity index (χ1n) is 9.16. The average molecular weight is 371 g/mol. The quantitative estimate of drug-likeness (QED) is 0.771. The molecule has 0 spiro atoms. The van der Waals surface area contributed by atoms with Gasteiger partial charge in [-0.3, -0.25) is 9.59 Å². The van der Waals surface area contributed by atoms with Gasteiger partial charge in [0.2, 0.25) is 0 Å². The van der Waals surface area contributed by atoms with E-state index in [0.29, 0.717) is 29.5 Å². The van der Waals surface area contributed by atoms with Crippen LogP contribution in [-0.4, -0.2) is 41.6 Å². The Labute approximate surface area is 158 Å². The molecule has 0 atom stereocenters. The summed E-state index contributed by atoms with van der Waals surface area (Å²) in [6, 6.07) is 8.88. The molecule has 3 rings (SSSR count). The summed E-state index contributed by atoms with van der Waals surface area (Å²) < 4.78 is 10.5. The van der Waals surface area contributed by atoms with E-state index in [2.05, 4.69) is 10.5 Å². The first kappa shape index (κ1) is 18.9. The predicted molar refractivity (Wildman–Crippen MR) is 99.6 cm³/mol. The van der Waals surface area contributed by atoms with E-state index in [9.17, 15) is 9.59 Å². The maximum Gasteiger partial charge on any atom is 0.273 e. The summed E-state index contributed by atoms with van der Waals surface area (Å²) in [7, 11) is 1.57. The molecule has 0 aliphatic heterocycles. The molecule has 7 heteroatoms. The number of aromatic nitrogens is 1. The SMILES string of the molecule is COc1cccc(C(=O)N(Cc2cc(C(=O)NCC(C)C)no2)C2CC2)c1. The minimum atomic E-state index is -0.268. The molecule has 1 N–H and O–H groups in total. The van der Waals surface area contributed by atoms with Gasteiger partial charge >= 0.3 is 0 Å². The molecule has 1 aromatic heterocycles. The third-order valence-electron chi connectivity index (χ3n) is 4.35. The van der Waals surface area contributed by atoms with Gasteiger partial charge in [-0.1, -0.05) is 25.1 Å². The van der Waals surface area contributed by atoms with Crippen LogP contribution in [0.4, 0.5) is 0 Å². The van der Waals surface area contributed by atoms with Gasteiger partial charge in [0.1, 0.15) is 5.75 Å². The molecule has 0 saturated heterocycles. The van der Waals surface area contributed by atoms with E-state index in [1.807, 2.05) is 13.8 Å². The van der Waals surface area contributed by atoms with Crippen molar-refractivity contribution in [2.45, 2.75) is 39.3 Å². The van der Waals surface area contributed by atoms with E-state index in [-0.39, 0.29) is 30.1 Å². The zero-order chi connectivity index (χ0) is 19.4. The van der Waals surface area contributed by atoms with Crippen LogP contribution in [0, 0.1) is 5.92 Å². The highest BCUT2D eigenvalue weighted by Gasteiger charge is 2.34. The maximum atomic E-state index is 12.9. The van der Waals surface area contributed by atoms with Crippen LogP contribution < -0.4 is 10.1 Å². The molecule has 1 aliphatic rings. The molecule has 2 aromatic rings. The Bertz CT molecular complexity index is 811. The lowest BCUT2D eigenvalue weighted by molar-refractivity contribution is 0.0712. The zero-order valence-electron chi connectivity index (χ0n) is 15.9. The molecule has 0 bridgehead atoms. The van der Waals surface area contributed by atoms with Gasteiger partial charge in [-0.25, -0.2) is 0 Å². The highest BCUT2D eigenvalue weighted by molar-refractivity contribution is 5.95. The monoisotopic (exact) mass is 371 g/mol. The molecular formula is C20H25N3O4. The zero-order valence-corrected chi connectivity index (χ0v) is 15.9. The minimum Gasteiger partial charge on any atom is -0.497 e. The molecular weight excluding hydrogens is 346 g/mol. The van der Waals surface area contributed by atoms with E-state index in [1.54, 1.807) is 42.3 Å². The van der Waals surface area contributed by atoms with Crippen LogP contribution in [0.2, 0.25) is 0 Å². The lowest BCUT2D eigenvalue weighted by Crippen LogP contribution is -2.32. The highest BCUT2D eigenvalue weighted by atomic mass is 16.5. The molecule has 144 valence electrons. The van der Waals surface area contributed by atoms with Crippen LogP contribution in [-0.2, 0) is 6.54 Å². The molecule has 1 heterocycles. The van der Waals surface area contributed by atoms with Crippen LogP contribution in [0.25, 0.3) is 0 Å². The van der Waals surface area contributed by atoms with Crippen LogP contribution >= 0.6 is 0 Å². The number of carbonyl (C=O) groups excluding carboxylic acids is 2. The first-order valence-corrected chi connectivity index (χ1v) is 9.16. The third kappa shape index (κ3) is 4.87. The second kappa shape index (κ2) is 8.24. The number of ether oxygens (including phenoxy) is 1. The minimum absolute atomic E-state index is 0.0846. The number of hydrogen-bond donors (Lipinski definition) is 1. The maximum absolute atomic E-state index is 12.9. The second-order valence-electron chi connectivity index (χ2n) is 7.18. The van der Waals surface area contributed by atoms with Crippen molar-refractivity contribution in [1.29, 1.82) is 0 Å². The summed E-state index contributed by atoms with van der Waals surface area (Å²) in [4.78, 5) is 26.8. The van der Waals surface area contributed by atoms with Gasteiger partial charge in [0.05, 0.1) is 13.7 Å². The van der Waals surface area contributed by atoms with Gasteiger partial charge < -0.3 is 19.5 Å². The van der Waals surface area contributed by atoms with Crippen molar-refractivity contribution in [2.24, 2.45) is 5.92 Å². The van der Waals surface area contributed by atoms with Crippen molar-refractivity contribution in [1.82, 2.24) is 15.4 Å². The fourth-order valence-corrected chi connectivity index (χ4v) is 2.72. The molecule has 0 radical (unpaired) electrons. The molecule has 1 fully saturated rings. The van der Waals surface area contributed by atoms with E-state index < -0.39 is 0 Å². The number of carbonyl (C=O) groups is 2. The summed E-state index contributed by atoms with van der Waals surface area (Å²) in [6.07, 6.45) is 1.93. The van der Waals surface area contributed by atoms with Crippen LogP contribution in [0.15, 0.2) is 34.9 Å². The largest absolute Gasteiger partial charge is 0.497 e. The van der Waals surface area contributed by atoms with Crippen molar-refractivity contribution in [3.05, 3.63) is 47.3 Å². The van der Waals surface area contributed by atoms with E-state index in [4.69, 9.17) is 9.26 Å². The first-order chi connectivity index (χ1) is 13.0.